The van der Waals surface area contributed by atoms with Crippen molar-refractivity contribution in [1.29, 1.82) is 0 Å². The minimum absolute atomic E-state index is 0.000409. The molecule has 2 aliphatic rings. The number of nitrogens with two attached hydrogens (primary N) is 2. The van der Waals surface area contributed by atoms with E-state index in [1.165, 1.54) is 41.7 Å². The summed E-state index contributed by atoms with van der Waals surface area (Å²) in [6.07, 6.45) is 3.72. The molecule has 0 spiro atoms. The summed E-state index contributed by atoms with van der Waals surface area (Å²) in [5.74, 6) is -7.02. The molecule has 400 valence electrons. The van der Waals surface area contributed by atoms with Gasteiger partial charge in [-0.05, 0) is 81.7 Å². The van der Waals surface area contributed by atoms with Crippen molar-refractivity contribution in [3.05, 3.63) is 83.9 Å². The summed E-state index contributed by atoms with van der Waals surface area (Å²) >= 11 is 0. The van der Waals surface area contributed by atoms with Crippen molar-refractivity contribution in [2.24, 2.45) is 16.5 Å². The number of likely N-dealkylation sites (N-methyl/N-ethyl adjacent to an activating group) is 1. The van der Waals surface area contributed by atoms with Crippen molar-refractivity contribution in [3.63, 3.8) is 0 Å². The summed E-state index contributed by atoms with van der Waals surface area (Å²) in [6, 6.07) is 5.58. The number of aromatic nitrogens is 2. The number of nitrogens with zero attached hydrogens (tertiary/aromatic N) is 3. The van der Waals surface area contributed by atoms with Gasteiger partial charge in [0, 0.05) is 57.2 Å². The number of carbonyl (C=O) groups excluding carboxylic acids is 8. The van der Waals surface area contributed by atoms with E-state index in [4.69, 9.17) is 11.5 Å². The van der Waals surface area contributed by atoms with Crippen LogP contribution in [0.2, 0.25) is 0 Å². The third-order valence-corrected chi connectivity index (χ3v) is 12.4. The zero-order valence-electron chi connectivity index (χ0n) is 41.3. The number of hydrogen-bond donors (Lipinski definition) is 13. The van der Waals surface area contributed by atoms with Crippen molar-refractivity contribution >= 4 is 59.2 Å². The molecule has 8 amide bonds. The van der Waals surface area contributed by atoms with Gasteiger partial charge >= 0.3 is 5.97 Å². The quantitative estimate of drug-likeness (QED) is 0.0298. The van der Waals surface area contributed by atoms with Crippen molar-refractivity contribution < 1.29 is 53.4 Å². The van der Waals surface area contributed by atoms with Crippen LogP contribution in [0, 0.1) is 0 Å². The smallest absolute Gasteiger partial charge is 0.326 e. The van der Waals surface area contributed by atoms with Crippen molar-refractivity contribution in [1.82, 2.24) is 57.4 Å². The van der Waals surface area contributed by atoms with E-state index in [0.717, 1.165) is 0 Å². The lowest BCUT2D eigenvalue weighted by Gasteiger charge is -2.30. The highest BCUT2D eigenvalue weighted by Crippen LogP contribution is 2.21. The molecule has 2 saturated heterocycles. The fourth-order valence-electron chi connectivity index (χ4n) is 8.58. The predicted octanol–water partition coefficient (Wildman–Crippen LogP) is -2.52. The SMILES string of the molecule is CNCC(=O)N[C@@H](CCCN=C(N)N)C(=O)N[C@H]1CCC(=O)NCCCC[C@@H](C(=O)N[C@@H](Cc2cnc[nH]2)C(=O)N2CCC[C@H]2C(=O)N[C@@H](Cc2ccccc2)C(=O)O)NC(=O)[C@H](Cc2ccc(O)cc2)NC1=O. The Morgan fingerprint density at radius 1 is 0.838 bits per heavy atom. The number of hydrogen-bond acceptors (Lipinski definition) is 13. The minimum atomic E-state index is -1.42. The second-order valence-electron chi connectivity index (χ2n) is 18.2. The maximum Gasteiger partial charge on any atom is 0.326 e. The average molecular weight is 1030 g/mol. The van der Waals surface area contributed by atoms with Crippen LogP contribution in [0.5, 0.6) is 5.75 Å². The van der Waals surface area contributed by atoms with Gasteiger partial charge in [0.2, 0.25) is 47.3 Å². The number of nitrogens with one attached hydrogen (secondary N) is 9. The highest BCUT2D eigenvalue weighted by Gasteiger charge is 2.40. The highest BCUT2D eigenvalue weighted by molar-refractivity contribution is 5.98. The summed E-state index contributed by atoms with van der Waals surface area (Å²) in [5, 5.41) is 41.6. The molecule has 3 aromatic rings. The summed E-state index contributed by atoms with van der Waals surface area (Å²) in [6.45, 7) is 0.285. The van der Waals surface area contributed by atoms with Gasteiger partial charge in [-0.25, -0.2) is 9.78 Å². The van der Waals surface area contributed by atoms with E-state index < -0.39 is 95.5 Å². The molecule has 25 nitrogen and oxygen atoms in total. The van der Waals surface area contributed by atoms with Gasteiger partial charge < -0.3 is 74.1 Å². The molecule has 0 bridgehead atoms. The number of H-pyrrole nitrogens is 1. The minimum Gasteiger partial charge on any atom is -0.508 e. The molecule has 7 atom stereocenters. The molecule has 2 fully saturated rings. The zero-order valence-corrected chi connectivity index (χ0v) is 41.3. The van der Waals surface area contributed by atoms with Gasteiger partial charge in [0.15, 0.2) is 5.96 Å². The van der Waals surface area contributed by atoms with Gasteiger partial charge in [0.05, 0.1) is 12.9 Å². The topological polar surface area (TPSA) is 387 Å². The van der Waals surface area contributed by atoms with Crippen LogP contribution >= 0.6 is 0 Å². The van der Waals surface area contributed by atoms with E-state index in [-0.39, 0.29) is 102 Å². The normalized spacial score (nSPS) is 19.9. The number of carboxylic acid groups (broad SMARTS) is 1. The summed E-state index contributed by atoms with van der Waals surface area (Å²) in [7, 11) is 1.55. The van der Waals surface area contributed by atoms with Crippen molar-refractivity contribution in [2.75, 3.05) is 33.2 Å². The maximum absolute atomic E-state index is 14.6. The van der Waals surface area contributed by atoms with Gasteiger partial charge in [0.1, 0.15) is 48.0 Å². The number of imidazole rings is 1. The Morgan fingerprint density at radius 2 is 1.58 bits per heavy atom. The standard InChI is InChI=1S/C49H68N14O11/c1-52-27-41(66)57-33(12-7-21-55-49(50)51)42(67)59-35-18-19-40(65)54-20-6-5-11-34(58-45(70)36(60-44(35)69)23-30-14-16-32(64)17-15-30)43(68)61-37(25-31-26-53-28-56-31)47(72)63-22-8-13-39(63)46(71)62-38(48(73)74)24-29-9-3-2-4-10-29/h2-4,9-10,14-17,26,28,33-39,52,64H,5-8,11-13,18-25,27H2,1H3,(H,53,56)(H,54,65)(H,57,66)(H,58,70)(H,59,67)(H,60,69)(H,61,68)(H,62,71)(H,73,74)(H4,50,51,55)/t33-,34-,35-,36-,37-,38-,39-/m0/s1. The van der Waals surface area contributed by atoms with Gasteiger partial charge in [-0.15, -0.1) is 0 Å². The van der Waals surface area contributed by atoms with Crippen LogP contribution in [0.15, 0.2) is 72.1 Å². The number of likely N-dealkylation sites (tertiary alicyclic amines) is 1. The number of aliphatic carboxylic acids is 1. The molecule has 0 unspecified atom stereocenters. The maximum atomic E-state index is 14.6. The Bertz CT molecular complexity index is 2420. The number of carboxylic acids is 1. The molecule has 1 aromatic heterocycles. The first-order valence-electron chi connectivity index (χ1n) is 24.6. The summed E-state index contributed by atoms with van der Waals surface area (Å²) < 4.78 is 0. The first-order chi connectivity index (χ1) is 35.5. The molecule has 15 N–H and O–H groups in total. The summed E-state index contributed by atoms with van der Waals surface area (Å²) in [4.78, 5) is 136. The molecular formula is C49H68N14O11. The van der Waals surface area contributed by atoms with E-state index in [2.05, 4.69) is 57.5 Å². The number of carbonyl (C=O) groups is 9. The molecule has 0 radical (unpaired) electrons. The number of guanidine groups is 1. The lowest BCUT2D eigenvalue weighted by Crippen LogP contribution is -2.60. The van der Waals surface area contributed by atoms with Crippen LogP contribution < -0.4 is 54.0 Å². The Labute approximate surface area is 427 Å². The number of aliphatic imine (C=N–C) groups is 1. The van der Waals surface area contributed by atoms with Crippen LogP contribution in [-0.4, -0.2) is 160 Å². The number of phenols is 1. The van der Waals surface area contributed by atoms with Crippen LogP contribution in [0.1, 0.15) is 74.6 Å². The molecule has 2 aliphatic heterocycles. The lowest BCUT2D eigenvalue weighted by atomic mass is 10.0. The van der Waals surface area contributed by atoms with Crippen LogP contribution in [-0.2, 0) is 62.4 Å². The van der Waals surface area contributed by atoms with Crippen molar-refractivity contribution in [3.8, 4) is 5.75 Å². The van der Waals surface area contributed by atoms with E-state index in [1.54, 1.807) is 37.4 Å². The van der Waals surface area contributed by atoms with Gasteiger partial charge in [-0.1, -0.05) is 42.5 Å². The fraction of sp³-hybridized carbons (Fsp3) is 0.490. The third-order valence-electron chi connectivity index (χ3n) is 12.4. The molecule has 2 aromatic carbocycles. The fourth-order valence-corrected chi connectivity index (χ4v) is 8.58. The Morgan fingerprint density at radius 3 is 2.27 bits per heavy atom. The largest absolute Gasteiger partial charge is 0.508 e. The Hall–Kier alpha value is -8.09. The Balaban J connectivity index is 1.40. The van der Waals surface area contributed by atoms with Crippen LogP contribution in [0.4, 0.5) is 0 Å². The van der Waals surface area contributed by atoms with Gasteiger partial charge in [0.25, 0.3) is 0 Å². The lowest BCUT2D eigenvalue weighted by molar-refractivity contribution is -0.145. The molecule has 74 heavy (non-hydrogen) atoms. The van der Waals surface area contributed by atoms with E-state index in [9.17, 15) is 53.4 Å². The first-order valence-corrected chi connectivity index (χ1v) is 24.6. The number of aromatic hydroxyl groups is 1. The number of rotatable bonds is 21. The van der Waals surface area contributed by atoms with Crippen LogP contribution in [0.3, 0.4) is 0 Å². The average Bonchev–Trinajstić information content (AvgIpc) is 4.09. The van der Waals surface area contributed by atoms with E-state index in [0.29, 0.717) is 29.7 Å². The van der Waals surface area contributed by atoms with Gasteiger partial charge in [-0.3, -0.25) is 43.3 Å². The van der Waals surface area contributed by atoms with E-state index in [1.807, 2.05) is 0 Å². The van der Waals surface area contributed by atoms with Gasteiger partial charge in [-0.2, -0.15) is 0 Å². The molecule has 0 saturated carbocycles. The molecule has 3 heterocycles. The number of aromatic amines is 1. The molecule has 5 rings (SSSR count). The van der Waals surface area contributed by atoms with Crippen LogP contribution in [0.25, 0.3) is 0 Å². The molecule has 0 aliphatic carbocycles. The second kappa shape index (κ2) is 28.8. The zero-order chi connectivity index (χ0) is 53.6. The number of phenolic OH excluding ortho intramolecular Hbond substituents is 1. The Kier molecular flexibility index (Phi) is 22.1. The second-order valence-corrected chi connectivity index (χ2v) is 18.2. The monoisotopic (exact) mass is 1030 g/mol. The first kappa shape index (κ1) is 56.8. The third kappa shape index (κ3) is 18.2. The molecular weight excluding hydrogens is 961 g/mol. The number of benzene rings is 2. The van der Waals surface area contributed by atoms with Crippen molar-refractivity contribution in [2.45, 2.75) is 119 Å². The highest BCUT2D eigenvalue weighted by atomic mass is 16.4. The molecule has 25 heteroatoms. The summed E-state index contributed by atoms with van der Waals surface area (Å²) in [5.41, 5.74) is 12.5. The number of amides is 8. The van der Waals surface area contributed by atoms with E-state index >= 15 is 0 Å². The predicted molar refractivity (Wildman–Crippen MR) is 268 cm³/mol.